The molecule has 0 rings (SSSR count). The van der Waals surface area contributed by atoms with Crippen LogP contribution < -0.4 is 0 Å². The number of hydrogen-bond donors (Lipinski definition) is 0. The van der Waals surface area contributed by atoms with Crippen LogP contribution in [-0.2, 0) is 0 Å². The Morgan fingerprint density at radius 3 is 2.29 bits per heavy atom. The van der Waals surface area contributed by atoms with Crippen molar-refractivity contribution in [2.24, 2.45) is 0 Å². The molecule has 0 unspecified atom stereocenters. The fraction of sp³-hybridized carbons (Fsp3) is 0.571. The first-order valence-corrected chi connectivity index (χ1v) is 5.84. The van der Waals surface area contributed by atoms with E-state index in [2.05, 4.69) is 51.2 Å². The average Bonchev–Trinajstić information content (AvgIpc) is 2.21. The lowest BCUT2D eigenvalue weighted by Gasteiger charge is -1.97. The van der Waals surface area contributed by atoms with Gasteiger partial charge in [0.25, 0.3) is 0 Å². The molecule has 0 N–H and O–H groups in total. The summed E-state index contributed by atoms with van der Waals surface area (Å²) >= 11 is 0. The molecule has 0 atom stereocenters. The van der Waals surface area contributed by atoms with Gasteiger partial charge in [-0.2, -0.15) is 0 Å². The lowest BCUT2D eigenvalue weighted by molar-refractivity contribution is 0.958. The highest BCUT2D eigenvalue weighted by Crippen LogP contribution is 2.08. The summed E-state index contributed by atoms with van der Waals surface area (Å²) in [6, 6.07) is 0. The van der Waals surface area contributed by atoms with Crippen LogP contribution in [0.4, 0.5) is 0 Å². The van der Waals surface area contributed by atoms with Gasteiger partial charge in [-0.05, 0) is 25.7 Å². The molecule has 0 heteroatoms. The Hall–Kier alpha value is -0.780. The molecule has 0 aromatic heterocycles. The van der Waals surface area contributed by atoms with Crippen molar-refractivity contribution in [2.75, 3.05) is 0 Å². The van der Waals surface area contributed by atoms with Gasteiger partial charge in [0.1, 0.15) is 0 Å². The number of rotatable bonds is 7. The van der Waals surface area contributed by atoms with E-state index in [0.717, 1.165) is 12.8 Å². The van der Waals surface area contributed by atoms with Gasteiger partial charge in [-0.1, -0.05) is 63.1 Å². The SMILES string of the molecule is CCC=C(CC)CC=CC=CCCC. The molecular weight excluding hydrogens is 168 g/mol. The smallest absolute Gasteiger partial charge is 0.0136 e. The van der Waals surface area contributed by atoms with E-state index >= 15 is 0 Å². The second-order valence-electron chi connectivity index (χ2n) is 3.47. The Kier molecular flexibility index (Phi) is 9.73. The zero-order valence-corrected chi connectivity index (χ0v) is 9.92. The lowest BCUT2D eigenvalue weighted by Crippen LogP contribution is -1.77. The van der Waals surface area contributed by atoms with E-state index in [0.29, 0.717) is 0 Å². The van der Waals surface area contributed by atoms with Crippen LogP contribution in [0.15, 0.2) is 36.0 Å². The monoisotopic (exact) mass is 192 g/mol. The van der Waals surface area contributed by atoms with Gasteiger partial charge in [0.15, 0.2) is 0 Å². The molecule has 0 fully saturated rings. The molecule has 0 aliphatic carbocycles. The minimum atomic E-state index is 1.11. The minimum absolute atomic E-state index is 1.11. The molecule has 0 saturated carbocycles. The first kappa shape index (κ1) is 13.2. The van der Waals surface area contributed by atoms with Crippen LogP contribution in [0.25, 0.3) is 0 Å². The summed E-state index contributed by atoms with van der Waals surface area (Å²) in [5, 5.41) is 0. The molecule has 0 nitrogen and oxygen atoms in total. The molecule has 0 heterocycles. The predicted octanol–water partition coefficient (Wildman–Crippen LogP) is 5.04. The van der Waals surface area contributed by atoms with E-state index in [1.807, 2.05) is 0 Å². The molecular formula is C14H24. The van der Waals surface area contributed by atoms with Crippen molar-refractivity contribution >= 4 is 0 Å². The quantitative estimate of drug-likeness (QED) is 0.392. The third-order valence-corrected chi connectivity index (χ3v) is 2.17. The summed E-state index contributed by atoms with van der Waals surface area (Å²) < 4.78 is 0. The van der Waals surface area contributed by atoms with Crippen LogP contribution in [0, 0.1) is 0 Å². The lowest BCUT2D eigenvalue weighted by atomic mass is 10.1. The van der Waals surface area contributed by atoms with E-state index in [1.165, 1.54) is 19.3 Å². The van der Waals surface area contributed by atoms with Crippen LogP contribution in [-0.4, -0.2) is 0 Å². The highest BCUT2D eigenvalue weighted by atomic mass is 13.9. The maximum Gasteiger partial charge on any atom is -0.0136 e. The molecule has 0 aromatic carbocycles. The van der Waals surface area contributed by atoms with Crippen molar-refractivity contribution in [3.8, 4) is 0 Å². The minimum Gasteiger partial charge on any atom is -0.0853 e. The second-order valence-corrected chi connectivity index (χ2v) is 3.47. The zero-order valence-electron chi connectivity index (χ0n) is 9.92. The van der Waals surface area contributed by atoms with E-state index in [-0.39, 0.29) is 0 Å². The van der Waals surface area contributed by atoms with Crippen LogP contribution in [0.2, 0.25) is 0 Å². The highest BCUT2D eigenvalue weighted by Gasteiger charge is 1.87. The summed E-state index contributed by atoms with van der Waals surface area (Å²) in [7, 11) is 0. The van der Waals surface area contributed by atoms with Crippen LogP contribution >= 0.6 is 0 Å². The van der Waals surface area contributed by atoms with Gasteiger partial charge < -0.3 is 0 Å². The topological polar surface area (TPSA) is 0 Å². The van der Waals surface area contributed by atoms with E-state index in [1.54, 1.807) is 5.57 Å². The maximum atomic E-state index is 2.33. The normalized spacial score (nSPS) is 13.2. The molecule has 80 valence electrons. The molecule has 0 amide bonds. The fourth-order valence-electron chi connectivity index (χ4n) is 1.30. The maximum absolute atomic E-state index is 2.33. The first-order chi connectivity index (χ1) is 6.85. The fourth-order valence-corrected chi connectivity index (χ4v) is 1.30. The first-order valence-electron chi connectivity index (χ1n) is 5.84. The summed E-state index contributed by atoms with van der Waals surface area (Å²) in [6.45, 7) is 6.62. The Labute approximate surface area is 89.4 Å². The number of allylic oxidation sites excluding steroid dienone is 6. The third-order valence-electron chi connectivity index (χ3n) is 2.17. The second kappa shape index (κ2) is 10.3. The predicted molar refractivity (Wildman–Crippen MR) is 66.5 cm³/mol. The average molecular weight is 192 g/mol. The Bertz CT molecular complexity index is 194. The van der Waals surface area contributed by atoms with E-state index in [9.17, 15) is 0 Å². The number of unbranched alkanes of at least 4 members (excludes halogenated alkanes) is 1. The highest BCUT2D eigenvalue weighted by molar-refractivity contribution is 5.10. The Morgan fingerprint density at radius 2 is 1.71 bits per heavy atom. The summed E-state index contributed by atoms with van der Waals surface area (Å²) in [4.78, 5) is 0. The van der Waals surface area contributed by atoms with Crippen molar-refractivity contribution in [1.29, 1.82) is 0 Å². The van der Waals surface area contributed by atoms with Crippen LogP contribution in [0.1, 0.15) is 52.9 Å². The standard InChI is InChI=1S/C14H24/c1-4-7-8-9-10-11-13-14(6-3)12-5-2/h8-12H,4-7,13H2,1-3H3. The Balaban J connectivity index is 3.73. The van der Waals surface area contributed by atoms with E-state index in [4.69, 9.17) is 0 Å². The van der Waals surface area contributed by atoms with Gasteiger partial charge in [-0.25, -0.2) is 0 Å². The summed E-state index contributed by atoms with van der Waals surface area (Å²) in [5.41, 5.74) is 1.55. The van der Waals surface area contributed by atoms with Gasteiger partial charge in [0.05, 0.1) is 0 Å². The van der Waals surface area contributed by atoms with Gasteiger partial charge >= 0.3 is 0 Å². The van der Waals surface area contributed by atoms with E-state index < -0.39 is 0 Å². The molecule has 0 bridgehead atoms. The molecule has 0 spiro atoms. The number of hydrogen-bond acceptors (Lipinski definition) is 0. The van der Waals surface area contributed by atoms with Gasteiger partial charge in [0.2, 0.25) is 0 Å². The van der Waals surface area contributed by atoms with Crippen molar-refractivity contribution in [1.82, 2.24) is 0 Å². The third kappa shape index (κ3) is 7.85. The van der Waals surface area contributed by atoms with Gasteiger partial charge in [0, 0.05) is 0 Å². The molecule has 0 radical (unpaired) electrons. The van der Waals surface area contributed by atoms with Crippen molar-refractivity contribution < 1.29 is 0 Å². The van der Waals surface area contributed by atoms with Crippen molar-refractivity contribution in [3.05, 3.63) is 36.0 Å². The molecule has 0 aromatic rings. The van der Waals surface area contributed by atoms with Crippen molar-refractivity contribution in [2.45, 2.75) is 52.9 Å². The molecule has 14 heavy (non-hydrogen) atoms. The molecule has 0 saturated heterocycles. The van der Waals surface area contributed by atoms with Gasteiger partial charge in [-0.15, -0.1) is 0 Å². The van der Waals surface area contributed by atoms with Crippen molar-refractivity contribution in [3.63, 3.8) is 0 Å². The largest absolute Gasteiger partial charge is 0.0853 e. The zero-order chi connectivity index (χ0) is 10.6. The van der Waals surface area contributed by atoms with Crippen LogP contribution in [0.3, 0.4) is 0 Å². The van der Waals surface area contributed by atoms with Crippen LogP contribution in [0.5, 0.6) is 0 Å². The summed E-state index contributed by atoms with van der Waals surface area (Å²) in [6.07, 6.45) is 17.0. The summed E-state index contributed by atoms with van der Waals surface area (Å²) in [5.74, 6) is 0. The molecule has 0 aliphatic rings. The molecule has 0 aliphatic heterocycles. The van der Waals surface area contributed by atoms with Gasteiger partial charge in [-0.3, -0.25) is 0 Å². The Morgan fingerprint density at radius 1 is 1.00 bits per heavy atom.